The summed E-state index contributed by atoms with van der Waals surface area (Å²) in [5.41, 5.74) is 2.36. The Balaban J connectivity index is 1.85. The van der Waals surface area contributed by atoms with Gasteiger partial charge in [-0.2, -0.15) is 0 Å². The monoisotopic (exact) mass is 233 g/mol. The molecule has 0 saturated heterocycles. The van der Waals surface area contributed by atoms with Crippen molar-refractivity contribution < 1.29 is 4.39 Å². The van der Waals surface area contributed by atoms with Gasteiger partial charge in [0.15, 0.2) is 0 Å². The molecule has 0 amide bonds. The molecule has 0 heterocycles. The van der Waals surface area contributed by atoms with Crippen LogP contribution in [0.1, 0.15) is 36.4 Å². The van der Waals surface area contributed by atoms with E-state index in [2.05, 4.69) is 5.32 Å². The fraction of sp³-hybridized carbons (Fsp3) is 0.600. The number of halogens is 1. The normalized spacial score (nSPS) is 32.3. The van der Waals surface area contributed by atoms with Gasteiger partial charge in [0, 0.05) is 6.04 Å². The summed E-state index contributed by atoms with van der Waals surface area (Å²) in [7, 11) is 2.03. The average molecular weight is 233 g/mol. The van der Waals surface area contributed by atoms with Crippen molar-refractivity contribution in [3.05, 3.63) is 35.1 Å². The Hall–Kier alpha value is -0.890. The van der Waals surface area contributed by atoms with Crippen molar-refractivity contribution in [1.82, 2.24) is 5.32 Å². The number of hydrogen-bond donors (Lipinski definition) is 1. The minimum absolute atomic E-state index is 0.128. The fourth-order valence-electron chi connectivity index (χ4n) is 3.91. The van der Waals surface area contributed by atoms with Crippen LogP contribution in [-0.4, -0.2) is 7.05 Å². The van der Waals surface area contributed by atoms with Crippen molar-refractivity contribution in [2.45, 2.75) is 32.2 Å². The van der Waals surface area contributed by atoms with Crippen molar-refractivity contribution in [3.8, 4) is 0 Å². The highest BCUT2D eigenvalue weighted by Crippen LogP contribution is 2.62. The van der Waals surface area contributed by atoms with Crippen LogP contribution in [0.15, 0.2) is 18.2 Å². The maximum Gasteiger partial charge on any atom is 0.123 e. The summed E-state index contributed by atoms with van der Waals surface area (Å²) in [6, 6.07) is 5.62. The molecule has 0 radical (unpaired) electrons. The predicted molar refractivity (Wildman–Crippen MR) is 67.3 cm³/mol. The van der Waals surface area contributed by atoms with E-state index in [0.29, 0.717) is 6.04 Å². The van der Waals surface area contributed by atoms with Gasteiger partial charge in [0.2, 0.25) is 0 Å². The second-order valence-corrected chi connectivity index (χ2v) is 5.60. The first-order valence-corrected chi connectivity index (χ1v) is 6.65. The highest BCUT2D eigenvalue weighted by molar-refractivity contribution is 5.32. The number of benzene rings is 1. The van der Waals surface area contributed by atoms with Gasteiger partial charge in [0.1, 0.15) is 5.82 Å². The third-order valence-electron chi connectivity index (χ3n) is 4.74. The second-order valence-electron chi connectivity index (χ2n) is 5.60. The fourth-order valence-corrected chi connectivity index (χ4v) is 3.91. The van der Waals surface area contributed by atoms with Gasteiger partial charge >= 0.3 is 0 Å². The van der Waals surface area contributed by atoms with Crippen LogP contribution in [-0.2, 0) is 0 Å². The summed E-state index contributed by atoms with van der Waals surface area (Å²) in [4.78, 5) is 0. The maximum absolute atomic E-state index is 13.1. The largest absolute Gasteiger partial charge is 0.313 e. The number of nitrogens with one attached hydrogen (secondary N) is 1. The second kappa shape index (κ2) is 4.09. The molecule has 3 unspecified atom stereocenters. The quantitative estimate of drug-likeness (QED) is 0.843. The van der Waals surface area contributed by atoms with E-state index in [1.807, 2.05) is 20.0 Å². The van der Waals surface area contributed by atoms with E-state index in [-0.39, 0.29) is 5.82 Å². The molecule has 1 N–H and O–H groups in total. The molecule has 3 atom stereocenters. The van der Waals surface area contributed by atoms with E-state index >= 15 is 0 Å². The molecule has 1 nitrogen and oxygen atoms in total. The van der Waals surface area contributed by atoms with Gasteiger partial charge in [-0.25, -0.2) is 4.39 Å². The minimum Gasteiger partial charge on any atom is -0.313 e. The van der Waals surface area contributed by atoms with Crippen molar-refractivity contribution in [1.29, 1.82) is 0 Å². The number of aryl methyl sites for hydroxylation is 1. The van der Waals surface area contributed by atoms with Gasteiger partial charge in [0.05, 0.1) is 0 Å². The van der Waals surface area contributed by atoms with Crippen LogP contribution in [0.25, 0.3) is 0 Å². The zero-order chi connectivity index (χ0) is 12.0. The van der Waals surface area contributed by atoms with Crippen LogP contribution in [0.5, 0.6) is 0 Å². The smallest absolute Gasteiger partial charge is 0.123 e. The van der Waals surface area contributed by atoms with Crippen molar-refractivity contribution >= 4 is 0 Å². The number of hydrogen-bond acceptors (Lipinski definition) is 1. The average Bonchev–Trinajstić information content (AvgIpc) is 2.77. The Labute approximate surface area is 102 Å². The molecule has 2 heteroatoms. The molecule has 2 fully saturated rings. The topological polar surface area (TPSA) is 12.0 Å². The molecular formula is C15H20FN. The molecule has 2 saturated carbocycles. The highest BCUT2D eigenvalue weighted by atomic mass is 19.1. The first-order valence-electron chi connectivity index (χ1n) is 6.65. The molecule has 3 rings (SSSR count). The summed E-state index contributed by atoms with van der Waals surface area (Å²) < 4.78 is 13.1. The lowest BCUT2D eigenvalue weighted by Gasteiger charge is -2.20. The van der Waals surface area contributed by atoms with E-state index in [0.717, 1.165) is 23.3 Å². The molecule has 0 spiro atoms. The van der Waals surface area contributed by atoms with Crippen molar-refractivity contribution in [3.63, 3.8) is 0 Å². The third-order valence-corrected chi connectivity index (χ3v) is 4.74. The summed E-state index contributed by atoms with van der Waals surface area (Å²) in [6.45, 7) is 2.01. The lowest BCUT2D eigenvalue weighted by molar-refractivity contribution is 0.442. The lowest BCUT2D eigenvalue weighted by atomic mass is 9.94. The lowest BCUT2D eigenvalue weighted by Crippen LogP contribution is -2.21. The van der Waals surface area contributed by atoms with Crippen molar-refractivity contribution in [2.24, 2.45) is 17.8 Å². The summed E-state index contributed by atoms with van der Waals surface area (Å²) in [5.74, 6) is 2.52. The molecule has 1 aromatic rings. The van der Waals surface area contributed by atoms with Gasteiger partial charge in [-0.1, -0.05) is 12.5 Å². The molecule has 0 aliphatic heterocycles. The molecule has 92 valence electrons. The SMILES string of the molecule is CNC(c1ccc(F)cc1C)C1C2CCCC21. The molecule has 17 heavy (non-hydrogen) atoms. The van der Waals surface area contributed by atoms with Gasteiger partial charge < -0.3 is 5.32 Å². The zero-order valence-corrected chi connectivity index (χ0v) is 10.5. The number of rotatable bonds is 3. The number of fused-ring (bicyclic) bond motifs is 1. The van der Waals surface area contributed by atoms with Gasteiger partial charge in [-0.05, 0) is 67.8 Å². The van der Waals surface area contributed by atoms with E-state index in [4.69, 9.17) is 0 Å². The van der Waals surface area contributed by atoms with Crippen LogP contribution in [0.2, 0.25) is 0 Å². The first kappa shape index (κ1) is 11.2. The Kier molecular flexibility index (Phi) is 2.70. The summed E-state index contributed by atoms with van der Waals surface area (Å²) in [5, 5.41) is 3.45. The van der Waals surface area contributed by atoms with Crippen LogP contribution < -0.4 is 5.32 Å². The van der Waals surface area contributed by atoms with Crippen LogP contribution in [0.4, 0.5) is 4.39 Å². The first-order chi connectivity index (χ1) is 8.22. The van der Waals surface area contributed by atoms with Gasteiger partial charge in [0.25, 0.3) is 0 Å². The van der Waals surface area contributed by atoms with E-state index in [9.17, 15) is 4.39 Å². The van der Waals surface area contributed by atoms with Crippen LogP contribution >= 0.6 is 0 Å². The van der Waals surface area contributed by atoms with Crippen LogP contribution in [0, 0.1) is 30.5 Å². The molecule has 2 aliphatic rings. The standard InChI is InChI=1S/C15H20FN/c1-9-8-10(16)6-7-11(9)15(17-2)14-12-4-3-5-13(12)14/h6-8,12-15,17H,3-5H2,1-2H3. The van der Waals surface area contributed by atoms with E-state index in [1.165, 1.54) is 24.8 Å². The molecular weight excluding hydrogens is 213 g/mol. The van der Waals surface area contributed by atoms with E-state index in [1.54, 1.807) is 12.1 Å². The predicted octanol–water partition coefficient (Wildman–Crippen LogP) is 3.44. The molecule has 2 aliphatic carbocycles. The summed E-state index contributed by atoms with van der Waals surface area (Å²) in [6.07, 6.45) is 4.20. The molecule has 0 aromatic heterocycles. The molecule has 1 aromatic carbocycles. The zero-order valence-electron chi connectivity index (χ0n) is 10.5. The summed E-state index contributed by atoms with van der Waals surface area (Å²) >= 11 is 0. The van der Waals surface area contributed by atoms with Gasteiger partial charge in [-0.15, -0.1) is 0 Å². The Bertz CT molecular complexity index is 419. The minimum atomic E-state index is -0.128. The van der Waals surface area contributed by atoms with E-state index < -0.39 is 0 Å². The third kappa shape index (κ3) is 1.79. The maximum atomic E-state index is 13.1. The highest BCUT2D eigenvalue weighted by Gasteiger charge is 2.55. The Morgan fingerprint density at radius 3 is 2.59 bits per heavy atom. The Morgan fingerprint density at radius 2 is 2.00 bits per heavy atom. The Morgan fingerprint density at radius 1 is 1.29 bits per heavy atom. The van der Waals surface area contributed by atoms with Gasteiger partial charge in [-0.3, -0.25) is 0 Å². The van der Waals surface area contributed by atoms with Crippen LogP contribution in [0.3, 0.4) is 0 Å². The van der Waals surface area contributed by atoms with Crippen molar-refractivity contribution in [2.75, 3.05) is 7.05 Å². The molecule has 0 bridgehead atoms.